The van der Waals surface area contributed by atoms with Crippen molar-refractivity contribution < 1.29 is 4.39 Å². The summed E-state index contributed by atoms with van der Waals surface area (Å²) in [5, 5.41) is 0. The van der Waals surface area contributed by atoms with Gasteiger partial charge in [0, 0.05) is 0 Å². The molecule has 10 heavy (non-hydrogen) atoms. The molecule has 60 valence electrons. The van der Waals surface area contributed by atoms with E-state index in [0.29, 0.717) is 17.8 Å². The summed E-state index contributed by atoms with van der Waals surface area (Å²) in [5.74, 6) is 1.63. The lowest BCUT2D eigenvalue weighted by molar-refractivity contribution is 0.272. The molecule has 3 atom stereocenters. The van der Waals surface area contributed by atoms with E-state index in [1.54, 1.807) is 0 Å². The first-order chi connectivity index (χ1) is 4.61. The average Bonchev–Trinajstić information content (AvgIpc) is 2.13. The molecule has 0 aliphatic heterocycles. The minimum Gasteiger partial charge on any atom is -0.247 e. The SMILES string of the molecule is CC(C)[C@H]1C[C@@H](F)[C@@H](C)C1. The first-order valence-corrected chi connectivity index (χ1v) is 4.25. The molecule has 0 saturated heterocycles. The van der Waals surface area contributed by atoms with Gasteiger partial charge in [0.05, 0.1) is 0 Å². The molecule has 0 nitrogen and oxygen atoms in total. The molecule has 0 radical (unpaired) electrons. The maximum absolute atomic E-state index is 12.9. The molecule has 0 N–H and O–H groups in total. The van der Waals surface area contributed by atoms with Crippen LogP contribution in [0, 0.1) is 17.8 Å². The first-order valence-electron chi connectivity index (χ1n) is 4.25. The van der Waals surface area contributed by atoms with Crippen LogP contribution < -0.4 is 0 Å². The molecule has 1 aliphatic rings. The lowest BCUT2D eigenvalue weighted by Gasteiger charge is -2.12. The highest BCUT2D eigenvalue weighted by Gasteiger charge is 2.32. The topological polar surface area (TPSA) is 0 Å². The average molecular weight is 144 g/mol. The molecule has 0 bridgehead atoms. The van der Waals surface area contributed by atoms with Gasteiger partial charge in [-0.25, -0.2) is 4.39 Å². The molecule has 0 spiro atoms. The van der Waals surface area contributed by atoms with Crippen LogP contribution in [-0.2, 0) is 0 Å². The van der Waals surface area contributed by atoms with Gasteiger partial charge in [-0.3, -0.25) is 0 Å². The van der Waals surface area contributed by atoms with Crippen molar-refractivity contribution in [2.45, 2.75) is 39.8 Å². The van der Waals surface area contributed by atoms with E-state index < -0.39 is 6.17 Å². The van der Waals surface area contributed by atoms with Gasteiger partial charge in [0.25, 0.3) is 0 Å². The zero-order valence-electron chi connectivity index (χ0n) is 7.10. The van der Waals surface area contributed by atoms with Gasteiger partial charge in [-0.15, -0.1) is 0 Å². The number of rotatable bonds is 1. The van der Waals surface area contributed by atoms with Crippen LogP contribution in [0.1, 0.15) is 33.6 Å². The summed E-state index contributed by atoms with van der Waals surface area (Å²) in [6.07, 6.45) is 1.38. The Morgan fingerprint density at radius 2 is 1.90 bits per heavy atom. The fourth-order valence-electron chi connectivity index (χ4n) is 1.79. The Balaban J connectivity index is 2.41. The summed E-state index contributed by atoms with van der Waals surface area (Å²) >= 11 is 0. The molecular weight excluding hydrogens is 127 g/mol. The monoisotopic (exact) mass is 144 g/mol. The quantitative estimate of drug-likeness (QED) is 0.530. The van der Waals surface area contributed by atoms with E-state index in [4.69, 9.17) is 0 Å². The number of alkyl halides is 1. The Bertz CT molecular complexity index is 99.3. The summed E-state index contributed by atoms with van der Waals surface area (Å²) < 4.78 is 12.9. The highest BCUT2D eigenvalue weighted by Crippen LogP contribution is 2.37. The van der Waals surface area contributed by atoms with Gasteiger partial charge in [0.15, 0.2) is 0 Å². The predicted octanol–water partition coefficient (Wildman–Crippen LogP) is 3.03. The molecule has 0 heterocycles. The van der Waals surface area contributed by atoms with E-state index in [1.807, 2.05) is 6.92 Å². The lowest BCUT2D eigenvalue weighted by Crippen LogP contribution is -2.03. The van der Waals surface area contributed by atoms with Crippen LogP contribution in [0.25, 0.3) is 0 Å². The second-order valence-electron chi connectivity index (χ2n) is 3.97. The van der Waals surface area contributed by atoms with Gasteiger partial charge in [-0.2, -0.15) is 0 Å². The first kappa shape index (κ1) is 8.03. The highest BCUT2D eigenvalue weighted by molar-refractivity contribution is 4.82. The van der Waals surface area contributed by atoms with Gasteiger partial charge < -0.3 is 0 Å². The van der Waals surface area contributed by atoms with Crippen molar-refractivity contribution in [2.75, 3.05) is 0 Å². The van der Waals surface area contributed by atoms with Crippen molar-refractivity contribution in [3.63, 3.8) is 0 Å². The Labute approximate surface area is 62.8 Å². The van der Waals surface area contributed by atoms with Crippen LogP contribution in [0.5, 0.6) is 0 Å². The minimum absolute atomic E-state index is 0.312. The minimum atomic E-state index is -0.521. The van der Waals surface area contributed by atoms with Crippen molar-refractivity contribution in [3.05, 3.63) is 0 Å². The Hall–Kier alpha value is -0.0700. The molecule has 0 unspecified atom stereocenters. The molecule has 1 rings (SSSR count). The predicted molar refractivity (Wildman–Crippen MR) is 41.6 cm³/mol. The Morgan fingerprint density at radius 1 is 1.30 bits per heavy atom. The van der Waals surface area contributed by atoms with Crippen molar-refractivity contribution >= 4 is 0 Å². The van der Waals surface area contributed by atoms with Crippen LogP contribution in [-0.4, -0.2) is 6.17 Å². The van der Waals surface area contributed by atoms with Gasteiger partial charge >= 0.3 is 0 Å². The summed E-state index contributed by atoms with van der Waals surface area (Å²) in [4.78, 5) is 0. The van der Waals surface area contributed by atoms with Crippen molar-refractivity contribution in [3.8, 4) is 0 Å². The number of halogens is 1. The fourth-order valence-corrected chi connectivity index (χ4v) is 1.79. The molecule has 0 aromatic carbocycles. The third kappa shape index (κ3) is 1.50. The summed E-state index contributed by atoms with van der Waals surface area (Å²) in [5.41, 5.74) is 0. The molecule has 0 aromatic rings. The third-order valence-corrected chi connectivity index (χ3v) is 2.76. The van der Waals surface area contributed by atoms with E-state index in [0.717, 1.165) is 12.8 Å². The molecule has 1 fully saturated rings. The van der Waals surface area contributed by atoms with Gasteiger partial charge in [-0.1, -0.05) is 20.8 Å². The summed E-state index contributed by atoms with van der Waals surface area (Å²) in [7, 11) is 0. The van der Waals surface area contributed by atoms with E-state index in [1.165, 1.54) is 0 Å². The third-order valence-electron chi connectivity index (χ3n) is 2.76. The Morgan fingerprint density at radius 3 is 2.10 bits per heavy atom. The van der Waals surface area contributed by atoms with Gasteiger partial charge in [0.2, 0.25) is 0 Å². The van der Waals surface area contributed by atoms with Crippen LogP contribution in [0.2, 0.25) is 0 Å². The standard InChI is InChI=1S/C9H17F/c1-6(2)8-4-7(3)9(10)5-8/h6-9H,4-5H2,1-3H3/t7-,8+,9+/m0/s1. The molecule has 0 aromatic heterocycles. The van der Waals surface area contributed by atoms with E-state index in [2.05, 4.69) is 13.8 Å². The fraction of sp³-hybridized carbons (Fsp3) is 1.00. The van der Waals surface area contributed by atoms with Gasteiger partial charge in [0.1, 0.15) is 6.17 Å². The zero-order valence-corrected chi connectivity index (χ0v) is 7.10. The van der Waals surface area contributed by atoms with Crippen LogP contribution in [0.3, 0.4) is 0 Å². The normalized spacial score (nSPS) is 41.1. The van der Waals surface area contributed by atoms with E-state index in [9.17, 15) is 4.39 Å². The number of hydrogen-bond donors (Lipinski definition) is 0. The largest absolute Gasteiger partial charge is 0.247 e. The molecule has 1 saturated carbocycles. The van der Waals surface area contributed by atoms with Crippen LogP contribution >= 0.6 is 0 Å². The lowest BCUT2D eigenvalue weighted by atomic mass is 9.94. The smallest absolute Gasteiger partial charge is 0.103 e. The molecule has 1 heteroatoms. The van der Waals surface area contributed by atoms with Crippen LogP contribution in [0.4, 0.5) is 4.39 Å². The maximum Gasteiger partial charge on any atom is 0.103 e. The maximum atomic E-state index is 12.9. The van der Waals surface area contributed by atoms with E-state index >= 15 is 0 Å². The van der Waals surface area contributed by atoms with Gasteiger partial charge in [-0.05, 0) is 30.6 Å². The highest BCUT2D eigenvalue weighted by atomic mass is 19.1. The number of hydrogen-bond acceptors (Lipinski definition) is 0. The van der Waals surface area contributed by atoms with E-state index in [-0.39, 0.29) is 0 Å². The van der Waals surface area contributed by atoms with Crippen molar-refractivity contribution in [2.24, 2.45) is 17.8 Å². The van der Waals surface area contributed by atoms with Crippen molar-refractivity contribution in [1.82, 2.24) is 0 Å². The van der Waals surface area contributed by atoms with Crippen molar-refractivity contribution in [1.29, 1.82) is 0 Å². The molecule has 0 amide bonds. The summed E-state index contributed by atoms with van der Waals surface area (Å²) in [6, 6.07) is 0. The molecular formula is C9H17F. The Kier molecular flexibility index (Phi) is 2.32. The second kappa shape index (κ2) is 2.89. The second-order valence-corrected chi connectivity index (χ2v) is 3.97. The van der Waals surface area contributed by atoms with Crippen LogP contribution in [0.15, 0.2) is 0 Å². The summed E-state index contributed by atoms with van der Waals surface area (Å²) in [6.45, 7) is 6.40. The molecule has 1 aliphatic carbocycles. The zero-order chi connectivity index (χ0) is 7.72.